The second-order valence-corrected chi connectivity index (χ2v) is 3.68. The van der Waals surface area contributed by atoms with Gasteiger partial charge in [0.1, 0.15) is 0 Å². The summed E-state index contributed by atoms with van der Waals surface area (Å²) >= 11 is 4.19. The number of hydrogen-bond donors (Lipinski definition) is 2. The van der Waals surface area contributed by atoms with E-state index in [1.54, 1.807) is 0 Å². The maximum absolute atomic E-state index is 8.98. The zero-order valence-electron chi connectivity index (χ0n) is 7.03. The van der Waals surface area contributed by atoms with Gasteiger partial charge in [-0.1, -0.05) is 0 Å². The SMILES string of the molecule is CC1C(CO)CCN1CCS. The number of rotatable bonds is 3. The molecule has 0 bridgehead atoms. The summed E-state index contributed by atoms with van der Waals surface area (Å²) in [5, 5.41) is 8.98. The summed E-state index contributed by atoms with van der Waals surface area (Å²) in [5.74, 6) is 1.41. The molecule has 2 unspecified atom stereocenters. The van der Waals surface area contributed by atoms with Crippen LogP contribution in [-0.4, -0.2) is 41.5 Å². The average molecular weight is 175 g/mol. The highest BCUT2D eigenvalue weighted by Gasteiger charge is 2.28. The zero-order valence-corrected chi connectivity index (χ0v) is 7.93. The molecule has 0 aliphatic carbocycles. The maximum atomic E-state index is 8.98. The van der Waals surface area contributed by atoms with Crippen molar-refractivity contribution < 1.29 is 5.11 Å². The lowest BCUT2D eigenvalue weighted by Crippen LogP contribution is -2.32. The van der Waals surface area contributed by atoms with E-state index in [0.717, 1.165) is 25.3 Å². The molecule has 1 fully saturated rings. The summed E-state index contributed by atoms with van der Waals surface area (Å²) in [6.07, 6.45) is 1.14. The van der Waals surface area contributed by atoms with Crippen LogP contribution in [-0.2, 0) is 0 Å². The van der Waals surface area contributed by atoms with Crippen molar-refractivity contribution >= 4 is 12.6 Å². The molecule has 0 aromatic rings. The van der Waals surface area contributed by atoms with Crippen LogP contribution in [0, 0.1) is 5.92 Å². The van der Waals surface area contributed by atoms with Gasteiger partial charge in [0, 0.05) is 24.9 Å². The van der Waals surface area contributed by atoms with Crippen LogP contribution in [0.15, 0.2) is 0 Å². The molecule has 0 amide bonds. The molecule has 1 saturated heterocycles. The van der Waals surface area contributed by atoms with E-state index in [4.69, 9.17) is 5.11 Å². The molecular weight excluding hydrogens is 158 g/mol. The summed E-state index contributed by atoms with van der Waals surface area (Å²) in [4.78, 5) is 2.40. The van der Waals surface area contributed by atoms with Gasteiger partial charge in [0.25, 0.3) is 0 Å². The Morgan fingerprint density at radius 3 is 2.82 bits per heavy atom. The van der Waals surface area contributed by atoms with Gasteiger partial charge in [0.2, 0.25) is 0 Å². The lowest BCUT2D eigenvalue weighted by Gasteiger charge is -2.22. The molecule has 3 heteroatoms. The number of hydrogen-bond acceptors (Lipinski definition) is 3. The molecular formula is C8H17NOS. The summed E-state index contributed by atoms with van der Waals surface area (Å²) in [6.45, 7) is 4.72. The molecule has 1 N–H and O–H groups in total. The largest absolute Gasteiger partial charge is 0.396 e. The van der Waals surface area contributed by atoms with Crippen LogP contribution in [0.1, 0.15) is 13.3 Å². The van der Waals surface area contributed by atoms with Gasteiger partial charge in [0.15, 0.2) is 0 Å². The first-order chi connectivity index (χ1) is 5.29. The van der Waals surface area contributed by atoms with Crippen LogP contribution < -0.4 is 0 Å². The van der Waals surface area contributed by atoms with Gasteiger partial charge >= 0.3 is 0 Å². The number of nitrogens with zero attached hydrogens (tertiary/aromatic N) is 1. The highest BCUT2D eigenvalue weighted by Crippen LogP contribution is 2.22. The normalized spacial score (nSPS) is 33.0. The van der Waals surface area contributed by atoms with Crippen LogP contribution in [0.3, 0.4) is 0 Å². The van der Waals surface area contributed by atoms with E-state index in [2.05, 4.69) is 24.5 Å². The van der Waals surface area contributed by atoms with Gasteiger partial charge in [-0.3, -0.25) is 4.90 Å². The van der Waals surface area contributed by atoms with E-state index >= 15 is 0 Å². The highest BCUT2D eigenvalue weighted by molar-refractivity contribution is 7.80. The number of likely N-dealkylation sites (tertiary alicyclic amines) is 1. The molecule has 0 aromatic carbocycles. The average Bonchev–Trinajstić information content (AvgIpc) is 2.34. The van der Waals surface area contributed by atoms with Crippen LogP contribution in [0.2, 0.25) is 0 Å². The van der Waals surface area contributed by atoms with Crippen molar-refractivity contribution in [1.82, 2.24) is 4.90 Å². The predicted octanol–water partition coefficient (Wildman–Crippen LogP) is 0.619. The Balaban J connectivity index is 2.35. The third-order valence-electron chi connectivity index (χ3n) is 2.67. The van der Waals surface area contributed by atoms with E-state index in [-0.39, 0.29) is 0 Å². The molecule has 66 valence electrons. The molecule has 2 nitrogen and oxygen atoms in total. The van der Waals surface area contributed by atoms with Crippen LogP contribution in [0.5, 0.6) is 0 Å². The molecule has 0 aromatic heterocycles. The third-order valence-corrected chi connectivity index (χ3v) is 2.87. The van der Waals surface area contributed by atoms with Crippen molar-refractivity contribution in [2.75, 3.05) is 25.4 Å². The van der Waals surface area contributed by atoms with Gasteiger partial charge in [0.05, 0.1) is 0 Å². The van der Waals surface area contributed by atoms with Crippen molar-refractivity contribution in [1.29, 1.82) is 0 Å². The van der Waals surface area contributed by atoms with Crippen molar-refractivity contribution in [3.05, 3.63) is 0 Å². The van der Waals surface area contributed by atoms with Crippen molar-refractivity contribution in [3.63, 3.8) is 0 Å². The Bertz CT molecular complexity index is 121. The third kappa shape index (κ3) is 2.10. The van der Waals surface area contributed by atoms with Gasteiger partial charge in [-0.05, 0) is 25.8 Å². The van der Waals surface area contributed by atoms with E-state index in [1.165, 1.54) is 0 Å². The van der Waals surface area contributed by atoms with E-state index in [9.17, 15) is 0 Å². The number of aliphatic hydroxyl groups is 1. The minimum atomic E-state index is 0.338. The zero-order chi connectivity index (χ0) is 8.27. The first-order valence-corrected chi connectivity index (χ1v) is 4.88. The molecule has 11 heavy (non-hydrogen) atoms. The van der Waals surface area contributed by atoms with Gasteiger partial charge in [-0.15, -0.1) is 0 Å². The first kappa shape index (κ1) is 9.36. The lowest BCUT2D eigenvalue weighted by atomic mass is 10.0. The minimum Gasteiger partial charge on any atom is -0.396 e. The van der Waals surface area contributed by atoms with Crippen molar-refractivity contribution in [2.24, 2.45) is 5.92 Å². The molecule has 2 atom stereocenters. The van der Waals surface area contributed by atoms with Crippen LogP contribution >= 0.6 is 12.6 Å². The molecule has 0 saturated carbocycles. The Kier molecular flexibility index (Phi) is 3.69. The Labute approximate surface area is 74.0 Å². The van der Waals surface area contributed by atoms with E-state index in [0.29, 0.717) is 18.6 Å². The number of thiol groups is 1. The highest BCUT2D eigenvalue weighted by atomic mass is 32.1. The van der Waals surface area contributed by atoms with E-state index in [1.807, 2.05) is 0 Å². The summed E-state index contributed by atoms with van der Waals surface area (Å²) in [7, 11) is 0. The van der Waals surface area contributed by atoms with Gasteiger partial charge in [-0.25, -0.2) is 0 Å². The fourth-order valence-electron chi connectivity index (χ4n) is 1.76. The van der Waals surface area contributed by atoms with Crippen LogP contribution in [0.4, 0.5) is 0 Å². The standard InChI is InChI=1S/C8H17NOS/c1-7-8(6-10)2-3-9(7)4-5-11/h7-8,10-11H,2-6H2,1H3. The van der Waals surface area contributed by atoms with Crippen molar-refractivity contribution in [3.8, 4) is 0 Å². The fourth-order valence-corrected chi connectivity index (χ4v) is 2.02. The lowest BCUT2D eigenvalue weighted by molar-refractivity contribution is 0.181. The maximum Gasteiger partial charge on any atom is 0.0474 e. The summed E-state index contributed by atoms with van der Waals surface area (Å²) < 4.78 is 0. The van der Waals surface area contributed by atoms with Gasteiger partial charge < -0.3 is 5.11 Å². The minimum absolute atomic E-state index is 0.338. The van der Waals surface area contributed by atoms with Gasteiger partial charge in [-0.2, -0.15) is 12.6 Å². The fraction of sp³-hybridized carbons (Fsp3) is 1.00. The van der Waals surface area contributed by atoms with Crippen molar-refractivity contribution in [2.45, 2.75) is 19.4 Å². The Morgan fingerprint density at radius 2 is 2.36 bits per heavy atom. The molecule has 0 spiro atoms. The molecule has 0 radical (unpaired) electrons. The second-order valence-electron chi connectivity index (χ2n) is 3.23. The Hall–Kier alpha value is 0.270. The predicted molar refractivity (Wildman–Crippen MR) is 50.1 cm³/mol. The van der Waals surface area contributed by atoms with E-state index < -0.39 is 0 Å². The Morgan fingerprint density at radius 1 is 1.64 bits per heavy atom. The summed E-state index contributed by atoms with van der Waals surface area (Å²) in [6, 6.07) is 0.548. The summed E-state index contributed by atoms with van der Waals surface area (Å²) in [5.41, 5.74) is 0. The first-order valence-electron chi connectivity index (χ1n) is 4.25. The van der Waals surface area contributed by atoms with Crippen LogP contribution in [0.25, 0.3) is 0 Å². The molecule has 1 aliphatic heterocycles. The number of aliphatic hydroxyl groups excluding tert-OH is 1. The quantitative estimate of drug-likeness (QED) is 0.614. The second kappa shape index (κ2) is 4.33. The monoisotopic (exact) mass is 175 g/mol. The topological polar surface area (TPSA) is 23.5 Å². The molecule has 1 heterocycles. The smallest absolute Gasteiger partial charge is 0.0474 e. The molecule has 1 aliphatic rings. The molecule has 1 rings (SSSR count).